The Hall–Kier alpha value is -1.67. The molecule has 0 bridgehead atoms. The number of aliphatic hydroxyl groups is 5. The zero-order chi connectivity index (χ0) is 42.2. The van der Waals surface area contributed by atoms with Gasteiger partial charge in [0.25, 0.3) is 0 Å². The molecule has 334 valence electrons. The van der Waals surface area contributed by atoms with E-state index in [9.17, 15) is 44.6 Å². The van der Waals surface area contributed by atoms with Crippen LogP contribution in [-0.2, 0) is 32.7 Å². The first-order valence-corrected chi connectivity index (χ1v) is 23.6. The lowest BCUT2D eigenvalue weighted by Crippen LogP contribution is -2.64. The minimum atomic E-state index is -5.11. The predicted octanol–water partition coefficient (Wildman–Crippen LogP) is 8.06. The summed E-state index contributed by atoms with van der Waals surface area (Å²) in [5.74, 6) is -1.12. The summed E-state index contributed by atoms with van der Waals surface area (Å²) in [4.78, 5) is 35.6. The quantitative estimate of drug-likeness (QED) is 0.0153. The molecule has 57 heavy (non-hydrogen) atoms. The molecule has 0 amide bonds. The molecule has 14 heteroatoms. The molecule has 6 unspecified atom stereocenters. The van der Waals surface area contributed by atoms with Crippen molar-refractivity contribution in [3.05, 3.63) is 24.3 Å². The topological polar surface area (TPSA) is 210 Å². The van der Waals surface area contributed by atoms with Crippen molar-refractivity contribution in [3.63, 3.8) is 0 Å². The third-order valence-corrected chi connectivity index (χ3v) is 11.3. The smallest absolute Gasteiger partial charge is 0.462 e. The Labute approximate surface area is 343 Å². The standard InChI is InChI=1S/C43H79O13P/c1-3-5-7-9-11-13-15-17-18-19-20-22-23-25-27-29-31-36(44)53-33-35(55-37(45)32-30-28-26-24-21-16-14-12-10-8-6-4-2)34-54-57(51,52)56-43-41(49)39(47)38(46)40(48)42(43)50/h12,14,18-19,35,38-43,46-50H,3-11,13,15-17,20-34H2,1-2H3,(H,51,52)/b14-12-,19-18-/t35-,38?,39-,40?,41?,42?,43?/m1/s1. The third kappa shape index (κ3) is 26.9. The van der Waals surface area contributed by atoms with E-state index in [2.05, 4.69) is 38.2 Å². The lowest BCUT2D eigenvalue weighted by Gasteiger charge is -2.41. The third-order valence-electron chi connectivity index (χ3n) is 10.3. The van der Waals surface area contributed by atoms with Crippen molar-refractivity contribution in [1.29, 1.82) is 0 Å². The molecule has 0 aromatic carbocycles. The number of unbranched alkanes of at least 4 members (excludes halogenated alkanes) is 20. The van der Waals surface area contributed by atoms with Crippen molar-refractivity contribution < 1.29 is 63.1 Å². The maximum Gasteiger partial charge on any atom is 0.472 e. The molecule has 1 saturated carbocycles. The van der Waals surface area contributed by atoms with E-state index in [1.54, 1.807) is 0 Å². The molecule has 0 heterocycles. The van der Waals surface area contributed by atoms with Gasteiger partial charge in [0.1, 0.15) is 43.2 Å². The predicted molar refractivity (Wildman–Crippen MR) is 221 cm³/mol. The van der Waals surface area contributed by atoms with Gasteiger partial charge in [0.05, 0.1) is 6.61 Å². The van der Waals surface area contributed by atoms with Crippen LogP contribution in [0.4, 0.5) is 0 Å². The van der Waals surface area contributed by atoms with Crippen LogP contribution < -0.4 is 0 Å². The molecule has 8 atom stereocenters. The number of ether oxygens (including phenoxy) is 2. The summed E-state index contributed by atoms with van der Waals surface area (Å²) < 4.78 is 33.4. The fourth-order valence-corrected chi connectivity index (χ4v) is 7.60. The fourth-order valence-electron chi connectivity index (χ4n) is 6.63. The van der Waals surface area contributed by atoms with Crippen LogP contribution in [0.25, 0.3) is 0 Å². The van der Waals surface area contributed by atoms with Crippen LogP contribution in [0.5, 0.6) is 0 Å². The van der Waals surface area contributed by atoms with Crippen molar-refractivity contribution in [2.24, 2.45) is 0 Å². The molecule has 0 aromatic rings. The van der Waals surface area contributed by atoms with Crippen molar-refractivity contribution >= 4 is 19.8 Å². The minimum Gasteiger partial charge on any atom is -0.462 e. The normalized spacial score (nSPS) is 22.9. The van der Waals surface area contributed by atoms with Gasteiger partial charge in [0.2, 0.25) is 0 Å². The first-order valence-electron chi connectivity index (χ1n) is 22.1. The SMILES string of the molecule is CCCCC/C=C\CCCCCCCC(=O)O[C@H](COC(=O)CCCCCCC/C=C\CCCCCCCCC)COP(=O)(O)OC1C(O)C(O)C(O)[C@@H](O)C1O. The molecule has 0 saturated heterocycles. The van der Waals surface area contributed by atoms with Crippen molar-refractivity contribution in [2.45, 2.75) is 224 Å². The largest absolute Gasteiger partial charge is 0.472 e. The van der Waals surface area contributed by atoms with Gasteiger partial charge in [-0.2, -0.15) is 0 Å². The number of esters is 2. The zero-order valence-electron chi connectivity index (χ0n) is 35.1. The maximum atomic E-state index is 12.8. The zero-order valence-corrected chi connectivity index (χ0v) is 36.0. The van der Waals surface area contributed by atoms with Gasteiger partial charge in [-0.3, -0.25) is 18.6 Å². The van der Waals surface area contributed by atoms with Crippen LogP contribution in [0.3, 0.4) is 0 Å². The van der Waals surface area contributed by atoms with Gasteiger partial charge in [0.15, 0.2) is 6.10 Å². The number of phosphoric ester groups is 1. The molecular weight excluding hydrogens is 755 g/mol. The van der Waals surface area contributed by atoms with E-state index in [0.29, 0.717) is 12.8 Å². The Morgan fingerprint density at radius 2 is 0.895 bits per heavy atom. The highest BCUT2D eigenvalue weighted by molar-refractivity contribution is 7.47. The maximum absolute atomic E-state index is 12.8. The highest BCUT2D eigenvalue weighted by Gasteiger charge is 2.51. The van der Waals surface area contributed by atoms with Gasteiger partial charge in [-0.15, -0.1) is 0 Å². The summed E-state index contributed by atoms with van der Waals surface area (Å²) in [5, 5.41) is 50.0. The van der Waals surface area contributed by atoms with Gasteiger partial charge in [-0.25, -0.2) is 4.57 Å². The molecule has 1 rings (SSSR count). The molecule has 6 N–H and O–H groups in total. The summed E-state index contributed by atoms with van der Waals surface area (Å²) in [6, 6.07) is 0. The first kappa shape index (κ1) is 53.3. The number of phosphoric acid groups is 1. The lowest BCUT2D eigenvalue weighted by molar-refractivity contribution is -0.220. The summed E-state index contributed by atoms with van der Waals surface area (Å²) in [5.41, 5.74) is 0. The molecule has 13 nitrogen and oxygen atoms in total. The van der Waals surface area contributed by atoms with Gasteiger partial charge >= 0.3 is 19.8 Å². The Balaban J connectivity index is 2.48. The summed E-state index contributed by atoms with van der Waals surface area (Å²) >= 11 is 0. The van der Waals surface area contributed by atoms with Crippen LogP contribution in [-0.4, -0.2) is 98.3 Å². The van der Waals surface area contributed by atoms with E-state index in [-0.39, 0.29) is 12.8 Å². The average molecular weight is 835 g/mol. The van der Waals surface area contributed by atoms with Gasteiger partial charge in [-0.1, -0.05) is 128 Å². The van der Waals surface area contributed by atoms with Crippen LogP contribution in [0, 0.1) is 0 Å². The Morgan fingerprint density at radius 3 is 1.37 bits per heavy atom. The number of carbonyl (C=O) groups is 2. The highest BCUT2D eigenvalue weighted by atomic mass is 31.2. The second-order valence-corrected chi connectivity index (χ2v) is 16.9. The first-order chi connectivity index (χ1) is 27.4. The van der Waals surface area contributed by atoms with Crippen molar-refractivity contribution in [2.75, 3.05) is 13.2 Å². The second kappa shape index (κ2) is 34.1. The van der Waals surface area contributed by atoms with Crippen LogP contribution in [0.1, 0.15) is 181 Å². The van der Waals surface area contributed by atoms with E-state index in [0.717, 1.165) is 77.0 Å². The van der Waals surface area contributed by atoms with Crippen molar-refractivity contribution in [1.82, 2.24) is 0 Å². The number of rotatable bonds is 36. The summed E-state index contributed by atoms with van der Waals surface area (Å²) in [6.07, 6.45) is 22.4. The van der Waals surface area contributed by atoms with E-state index >= 15 is 0 Å². The van der Waals surface area contributed by atoms with Crippen molar-refractivity contribution in [3.8, 4) is 0 Å². The Kier molecular flexibility index (Phi) is 31.9. The summed E-state index contributed by atoms with van der Waals surface area (Å²) in [7, 11) is -5.11. The molecule has 0 aromatic heterocycles. The van der Waals surface area contributed by atoms with Gasteiger partial charge < -0.3 is 39.9 Å². The number of hydrogen-bond acceptors (Lipinski definition) is 12. The van der Waals surface area contributed by atoms with Crippen LogP contribution in [0.15, 0.2) is 24.3 Å². The monoisotopic (exact) mass is 835 g/mol. The van der Waals surface area contributed by atoms with E-state index < -0.39 is 75.7 Å². The molecule has 1 aliphatic carbocycles. The fraction of sp³-hybridized carbons (Fsp3) is 0.860. The number of allylic oxidation sites excluding steroid dienone is 4. The van der Waals surface area contributed by atoms with Crippen LogP contribution >= 0.6 is 7.82 Å². The van der Waals surface area contributed by atoms with E-state index in [1.807, 2.05) is 0 Å². The molecule has 0 radical (unpaired) electrons. The number of hydrogen-bond donors (Lipinski definition) is 6. The molecular formula is C43H79O13P. The summed E-state index contributed by atoms with van der Waals surface area (Å²) in [6.45, 7) is 3.25. The van der Waals surface area contributed by atoms with Gasteiger partial charge in [0, 0.05) is 12.8 Å². The lowest BCUT2D eigenvalue weighted by atomic mass is 9.85. The number of aliphatic hydroxyl groups excluding tert-OH is 5. The Morgan fingerprint density at radius 1 is 0.526 bits per heavy atom. The number of carbonyl (C=O) groups excluding carboxylic acids is 2. The molecule has 1 aliphatic rings. The molecule has 0 aliphatic heterocycles. The van der Waals surface area contributed by atoms with Gasteiger partial charge in [-0.05, 0) is 64.2 Å². The average Bonchev–Trinajstić information content (AvgIpc) is 3.19. The van der Waals surface area contributed by atoms with E-state index in [4.69, 9.17) is 18.5 Å². The highest BCUT2D eigenvalue weighted by Crippen LogP contribution is 2.47. The molecule has 0 spiro atoms. The van der Waals surface area contributed by atoms with Crippen LogP contribution in [0.2, 0.25) is 0 Å². The molecule has 1 fully saturated rings. The Bertz CT molecular complexity index is 1100. The minimum absolute atomic E-state index is 0.0859. The second-order valence-electron chi connectivity index (χ2n) is 15.5. The van der Waals surface area contributed by atoms with E-state index in [1.165, 1.54) is 64.2 Å².